The summed E-state index contributed by atoms with van der Waals surface area (Å²) < 4.78 is 13.0. The number of likely N-dealkylation sites (N-methyl/N-ethyl adjacent to an activating group) is 1. The van der Waals surface area contributed by atoms with Crippen LogP contribution in [0.25, 0.3) is 0 Å². The van der Waals surface area contributed by atoms with Crippen LogP contribution in [0.15, 0.2) is 24.3 Å². The van der Waals surface area contributed by atoms with E-state index in [4.69, 9.17) is 0 Å². The van der Waals surface area contributed by atoms with Crippen molar-refractivity contribution in [1.29, 1.82) is 0 Å². The number of carbonyl (C=O) groups is 1. The second kappa shape index (κ2) is 7.52. The highest BCUT2D eigenvalue weighted by atomic mass is 19.1. The summed E-state index contributed by atoms with van der Waals surface area (Å²) in [6, 6.07) is 6.71. The molecule has 1 aliphatic rings. The van der Waals surface area contributed by atoms with Crippen LogP contribution >= 0.6 is 0 Å². The zero-order chi connectivity index (χ0) is 15.2. The molecule has 0 aromatic heterocycles. The van der Waals surface area contributed by atoms with Crippen molar-refractivity contribution < 1.29 is 9.18 Å². The molecule has 21 heavy (non-hydrogen) atoms. The van der Waals surface area contributed by atoms with E-state index >= 15 is 0 Å². The van der Waals surface area contributed by atoms with E-state index in [1.807, 2.05) is 19.1 Å². The van der Waals surface area contributed by atoms with Gasteiger partial charge in [0.1, 0.15) is 11.9 Å². The van der Waals surface area contributed by atoms with Crippen molar-refractivity contribution in [2.45, 2.75) is 32.4 Å². The molecule has 1 aliphatic heterocycles. The predicted molar refractivity (Wildman–Crippen MR) is 81.6 cm³/mol. The molecule has 4 nitrogen and oxygen atoms in total. The SMILES string of the molecule is CCNC(=O)C1CNCCN1C(C)Cc1ccc(F)cc1. The van der Waals surface area contributed by atoms with E-state index in [9.17, 15) is 9.18 Å². The highest BCUT2D eigenvalue weighted by Crippen LogP contribution is 2.14. The van der Waals surface area contributed by atoms with Gasteiger partial charge in [0.2, 0.25) is 5.91 Å². The van der Waals surface area contributed by atoms with Gasteiger partial charge in [0, 0.05) is 32.2 Å². The number of benzene rings is 1. The van der Waals surface area contributed by atoms with Gasteiger partial charge >= 0.3 is 0 Å². The van der Waals surface area contributed by atoms with Gasteiger partial charge in [-0.05, 0) is 38.0 Å². The van der Waals surface area contributed by atoms with Crippen LogP contribution in [0.1, 0.15) is 19.4 Å². The lowest BCUT2D eigenvalue weighted by molar-refractivity contribution is -0.127. The molecular weight excluding hydrogens is 269 g/mol. The fourth-order valence-corrected chi connectivity index (χ4v) is 2.86. The first-order chi connectivity index (χ1) is 10.1. The summed E-state index contributed by atoms with van der Waals surface area (Å²) >= 11 is 0. The van der Waals surface area contributed by atoms with Crippen molar-refractivity contribution in [2.75, 3.05) is 26.2 Å². The molecule has 1 saturated heterocycles. The highest BCUT2D eigenvalue weighted by molar-refractivity contribution is 5.82. The Kier molecular flexibility index (Phi) is 5.70. The van der Waals surface area contributed by atoms with Crippen molar-refractivity contribution in [3.05, 3.63) is 35.6 Å². The molecule has 0 saturated carbocycles. The molecule has 0 spiro atoms. The van der Waals surface area contributed by atoms with Gasteiger partial charge in [-0.25, -0.2) is 4.39 Å². The first kappa shape index (κ1) is 15.9. The fraction of sp³-hybridized carbons (Fsp3) is 0.562. The first-order valence-corrected chi connectivity index (χ1v) is 7.60. The molecule has 0 bridgehead atoms. The van der Waals surface area contributed by atoms with Crippen LogP contribution in [0.5, 0.6) is 0 Å². The molecule has 1 fully saturated rings. The van der Waals surface area contributed by atoms with Crippen molar-refractivity contribution >= 4 is 5.91 Å². The standard InChI is InChI=1S/C16H24FN3O/c1-3-19-16(21)15-11-18-8-9-20(15)12(2)10-13-4-6-14(17)7-5-13/h4-7,12,15,18H,3,8-11H2,1-2H3,(H,19,21). The quantitative estimate of drug-likeness (QED) is 0.856. The van der Waals surface area contributed by atoms with Crippen LogP contribution in [0.2, 0.25) is 0 Å². The van der Waals surface area contributed by atoms with E-state index in [1.165, 1.54) is 12.1 Å². The Morgan fingerprint density at radius 3 is 2.86 bits per heavy atom. The van der Waals surface area contributed by atoms with Gasteiger partial charge in [0.25, 0.3) is 0 Å². The largest absolute Gasteiger partial charge is 0.355 e. The maximum Gasteiger partial charge on any atom is 0.238 e. The lowest BCUT2D eigenvalue weighted by Gasteiger charge is -2.39. The van der Waals surface area contributed by atoms with Crippen molar-refractivity contribution in [3.63, 3.8) is 0 Å². The van der Waals surface area contributed by atoms with E-state index in [0.717, 1.165) is 25.1 Å². The molecule has 2 rings (SSSR count). The Hall–Kier alpha value is -1.46. The molecule has 116 valence electrons. The van der Waals surface area contributed by atoms with Crippen LogP contribution in [-0.2, 0) is 11.2 Å². The zero-order valence-electron chi connectivity index (χ0n) is 12.7. The Labute approximate surface area is 125 Å². The number of halogens is 1. The summed E-state index contributed by atoms with van der Waals surface area (Å²) in [7, 11) is 0. The minimum Gasteiger partial charge on any atom is -0.355 e. The third kappa shape index (κ3) is 4.25. The van der Waals surface area contributed by atoms with E-state index in [2.05, 4.69) is 22.5 Å². The summed E-state index contributed by atoms with van der Waals surface area (Å²) in [6.07, 6.45) is 0.816. The van der Waals surface area contributed by atoms with E-state index < -0.39 is 0 Å². The number of hydrogen-bond acceptors (Lipinski definition) is 3. The summed E-state index contributed by atoms with van der Waals surface area (Å²) in [5.74, 6) is -0.135. The Bertz CT molecular complexity index is 463. The first-order valence-electron chi connectivity index (χ1n) is 7.60. The lowest BCUT2D eigenvalue weighted by atomic mass is 10.0. The molecule has 2 N–H and O–H groups in total. The molecule has 1 aromatic rings. The van der Waals surface area contributed by atoms with E-state index in [-0.39, 0.29) is 23.8 Å². The summed E-state index contributed by atoms with van der Waals surface area (Å²) in [5, 5.41) is 6.18. The smallest absolute Gasteiger partial charge is 0.238 e. The minimum atomic E-state index is -0.214. The van der Waals surface area contributed by atoms with Gasteiger partial charge in [-0.1, -0.05) is 12.1 Å². The van der Waals surface area contributed by atoms with Crippen LogP contribution < -0.4 is 10.6 Å². The monoisotopic (exact) mass is 293 g/mol. The van der Waals surface area contributed by atoms with Gasteiger partial charge < -0.3 is 10.6 Å². The number of nitrogens with zero attached hydrogens (tertiary/aromatic N) is 1. The molecule has 1 heterocycles. The number of carbonyl (C=O) groups excluding carboxylic acids is 1. The van der Waals surface area contributed by atoms with Crippen LogP contribution in [0, 0.1) is 5.82 Å². The van der Waals surface area contributed by atoms with Gasteiger partial charge in [0.05, 0.1) is 0 Å². The van der Waals surface area contributed by atoms with E-state index in [0.29, 0.717) is 13.1 Å². The third-order valence-corrected chi connectivity index (χ3v) is 3.95. The van der Waals surface area contributed by atoms with Gasteiger partial charge in [-0.3, -0.25) is 9.69 Å². The highest BCUT2D eigenvalue weighted by Gasteiger charge is 2.31. The summed E-state index contributed by atoms with van der Waals surface area (Å²) in [6.45, 7) is 7.13. The molecule has 0 radical (unpaired) electrons. The Morgan fingerprint density at radius 2 is 2.19 bits per heavy atom. The molecular formula is C16H24FN3O. The molecule has 2 atom stereocenters. The maximum atomic E-state index is 13.0. The van der Waals surface area contributed by atoms with Gasteiger partial charge in [-0.2, -0.15) is 0 Å². The Morgan fingerprint density at radius 1 is 1.48 bits per heavy atom. The average Bonchev–Trinajstić information content (AvgIpc) is 2.50. The normalized spacial score (nSPS) is 21.0. The number of rotatable bonds is 5. The summed E-state index contributed by atoms with van der Waals surface area (Å²) in [5.41, 5.74) is 1.09. The van der Waals surface area contributed by atoms with Gasteiger partial charge in [0.15, 0.2) is 0 Å². The summed E-state index contributed by atoms with van der Waals surface area (Å²) in [4.78, 5) is 14.4. The third-order valence-electron chi connectivity index (χ3n) is 3.95. The molecule has 1 aromatic carbocycles. The number of nitrogens with one attached hydrogen (secondary N) is 2. The van der Waals surface area contributed by atoms with Crippen LogP contribution in [0.3, 0.4) is 0 Å². The second-order valence-electron chi connectivity index (χ2n) is 5.53. The lowest BCUT2D eigenvalue weighted by Crippen LogP contribution is -2.60. The van der Waals surface area contributed by atoms with Crippen LogP contribution in [0.4, 0.5) is 4.39 Å². The zero-order valence-corrected chi connectivity index (χ0v) is 12.7. The maximum absolute atomic E-state index is 13.0. The molecule has 2 unspecified atom stereocenters. The number of hydrogen-bond donors (Lipinski definition) is 2. The molecule has 5 heteroatoms. The fourth-order valence-electron chi connectivity index (χ4n) is 2.86. The number of amides is 1. The Balaban J connectivity index is 2.02. The minimum absolute atomic E-state index is 0.0793. The average molecular weight is 293 g/mol. The van der Waals surface area contributed by atoms with Crippen LogP contribution in [-0.4, -0.2) is 49.1 Å². The van der Waals surface area contributed by atoms with Crippen molar-refractivity contribution in [3.8, 4) is 0 Å². The molecule has 1 amide bonds. The van der Waals surface area contributed by atoms with Crippen molar-refractivity contribution in [1.82, 2.24) is 15.5 Å². The van der Waals surface area contributed by atoms with Gasteiger partial charge in [-0.15, -0.1) is 0 Å². The predicted octanol–water partition coefficient (Wildman–Crippen LogP) is 1.17. The topological polar surface area (TPSA) is 44.4 Å². The second-order valence-corrected chi connectivity index (χ2v) is 5.53. The number of piperazine rings is 1. The van der Waals surface area contributed by atoms with E-state index in [1.54, 1.807) is 0 Å². The van der Waals surface area contributed by atoms with Crippen molar-refractivity contribution in [2.24, 2.45) is 0 Å². The molecule has 0 aliphatic carbocycles.